The van der Waals surface area contributed by atoms with Crippen LogP contribution < -0.4 is 15.9 Å². The van der Waals surface area contributed by atoms with Gasteiger partial charge in [0.15, 0.2) is 5.75 Å². The van der Waals surface area contributed by atoms with Gasteiger partial charge in [0.2, 0.25) is 5.43 Å². The van der Waals surface area contributed by atoms with Crippen LogP contribution in [0.2, 0.25) is 0 Å². The fourth-order valence-electron chi connectivity index (χ4n) is 4.49. The molecule has 2 N–H and O–H groups in total. The standard InChI is InChI=1S/C26H32N2O4S/c1-6-16-19(12-13-26(3,4)24(16)27)33-20-11-10-17-21(23(20)31-5)28(15-8-9-15)14-18(22(17)29)25(30)32-7-2/h6,10-11,14-15,24H,1,7-9,12-13,27H2,2-5H3. The molecule has 1 heterocycles. The van der Waals surface area contributed by atoms with Crippen LogP contribution in [-0.2, 0) is 4.74 Å². The number of fused-ring (bicyclic) bond motifs is 1. The van der Waals surface area contributed by atoms with E-state index in [2.05, 4.69) is 20.4 Å². The molecule has 0 aliphatic heterocycles. The molecule has 2 aliphatic rings. The molecule has 2 aromatic rings. The second-order valence-electron chi connectivity index (χ2n) is 9.37. The summed E-state index contributed by atoms with van der Waals surface area (Å²) in [7, 11) is 1.62. The van der Waals surface area contributed by atoms with Gasteiger partial charge in [-0.2, -0.15) is 0 Å². The molecule has 0 amide bonds. The van der Waals surface area contributed by atoms with Gasteiger partial charge < -0.3 is 19.8 Å². The fraction of sp³-hybridized carbons (Fsp3) is 0.462. The molecule has 1 aromatic carbocycles. The third-order valence-corrected chi connectivity index (χ3v) is 7.93. The highest BCUT2D eigenvalue weighted by Gasteiger charge is 2.35. The molecule has 4 rings (SSSR count). The predicted molar refractivity (Wildman–Crippen MR) is 133 cm³/mol. The van der Waals surface area contributed by atoms with Crippen molar-refractivity contribution >= 4 is 28.6 Å². The molecule has 33 heavy (non-hydrogen) atoms. The summed E-state index contributed by atoms with van der Waals surface area (Å²) in [5.74, 6) is 0.0574. The first-order chi connectivity index (χ1) is 15.7. The Bertz CT molecular complexity index is 1210. The van der Waals surface area contributed by atoms with Crippen molar-refractivity contribution in [2.45, 2.75) is 63.4 Å². The summed E-state index contributed by atoms with van der Waals surface area (Å²) in [6, 6.07) is 3.85. The summed E-state index contributed by atoms with van der Waals surface area (Å²) in [6.07, 6.45) is 7.40. The first kappa shape index (κ1) is 23.6. The number of thioether (sulfide) groups is 1. The van der Waals surface area contributed by atoms with Crippen molar-refractivity contribution in [1.82, 2.24) is 4.57 Å². The maximum absolute atomic E-state index is 13.2. The van der Waals surface area contributed by atoms with Crippen molar-refractivity contribution in [3.8, 4) is 5.75 Å². The number of hydrogen-bond donors (Lipinski definition) is 1. The predicted octanol–water partition coefficient (Wildman–Crippen LogP) is 5.20. The Morgan fingerprint density at radius 1 is 1.36 bits per heavy atom. The first-order valence-electron chi connectivity index (χ1n) is 11.4. The summed E-state index contributed by atoms with van der Waals surface area (Å²) in [5, 5.41) is 0.466. The Morgan fingerprint density at radius 2 is 2.09 bits per heavy atom. The van der Waals surface area contributed by atoms with Crippen molar-refractivity contribution in [3.63, 3.8) is 0 Å². The molecule has 1 aromatic heterocycles. The summed E-state index contributed by atoms with van der Waals surface area (Å²) in [6.45, 7) is 10.3. The molecule has 1 unspecified atom stereocenters. The van der Waals surface area contributed by atoms with E-state index in [1.807, 2.05) is 16.7 Å². The van der Waals surface area contributed by atoms with E-state index in [0.29, 0.717) is 11.1 Å². The summed E-state index contributed by atoms with van der Waals surface area (Å²) in [4.78, 5) is 27.7. The van der Waals surface area contributed by atoms with E-state index < -0.39 is 5.97 Å². The average molecular weight is 469 g/mol. The van der Waals surface area contributed by atoms with Gasteiger partial charge in [-0.05, 0) is 60.6 Å². The number of hydrogen-bond acceptors (Lipinski definition) is 6. The van der Waals surface area contributed by atoms with Crippen LogP contribution >= 0.6 is 11.8 Å². The Balaban J connectivity index is 1.88. The van der Waals surface area contributed by atoms with E-state index in [1.165, 1.54) is 4.91 Å². The maximum Gasteiger partial charge on any atom is 0.343 e. The van der Waals surface area contributed by atoms with Crippen LogP contribution in [0.25, 0.3) is 10.9 Å². The number of carbonyl (C=O) groups is 1. The molecule has 0 spiro atoms. The third kappa shape index (κ3) is 4.24. The number of nitrogens with zero attached hydrogens (tertiary/aromatic N) is 1. The van der Waals surface area contributed by atoms with Gasteiger partial charge in [-0.1, -0.05) is 38.3 Å². The van der Waals surface area contributed by atoms with Crippen LogP contribution in [0.4, 0.5) is 0 Å². The van der Waals surface area contributed by atoms with E-state index >= 15 is 0 Å². The Labute approximate surface area is 198 Å². The number of ether oxygens (including phenoxy) is 2. The fourth-order valence-corrected chi connectivity index (χ4v) is 5.69. The van der Waals surface area contributed by atoms with E-state index in [4.69, 9.17) is 15.2 Å². The number of benzene rings is 1. The number of esters is 1. The van der Waals surface area contributed by atoms with Gasteiger partial charge in [0.25, 0.3) is 0 Å². The van der Waals surface area contributed by atoms with Crippen LogP contribution in [0, 0.1) is 5.41 Å². The normalized spacial score (nSPS) is 20.1. The van der Waals surface area contributed by atoms with Crippen molar-refractivity contribution in [2.24, 2.45) is 11.1 Å². The molecule has 6 nitrogen and oxygen atoms in total. The average Bonchev–Trinajstić information content (AvgIpc) is 3.62. The number of carbonyl (C=O) groups excluding carboxylic acids is 1. The van der Waals surface area contributed by atoms with Crippen LogP contribution in [0.3, 0.4) is 0 Å². The molecule has 2 aliphatic carbocycles. The minimum atomic E-state index is -0.587. The van der Waals surface area contributed by atoms with E-state index in [9.17, 15) is 9.59 Å². The van der Waals surface area contributed by atoms with E-state index in [0.717, 1.165) is 41.7 Å². The number of rotatable bonds is 7. The number of methoxy groups -OCH3 is 1. The van der Waals surface area contributed by atoms with E-state index in [-0.39, 0.29) is 35.1 Å². The van der Waals surface area contributed by atoms with Gasteiger partial charge in [-0.15, -0.1) is 0 Å². The topological polar surface area (TPSA) is 83.5 Å². The molecule has 0 radical (unpaired) electrons. The zero-order chi connectivity index (χ0) is 23.9. The summed E-state index contributed by atoms with van der Waals surface area (Å²) < 4.78 is 13.0. The smallest absolute Gasteiger partial charge is 0.343 e. The number of allylic oxidation sites excluding steroid dienone is 1. The first-order valence-corrected chi connectivity index (χ1v) is 12.3. The van der Waals surface area contributed by atoms with E-state index in [1.54, 1.807) is 38.1 Å². The molecule has 0 bridgehead atoms. The number of nitrogens with two attached hydrogens (primary N) is 1. The lowest BCUT2D eigenvalue weighted by molar-refractivity contribution is 0.0524. The lowest BCUT2D eigenvalue weighted by atomic mass is 9.73. The van der Waals surface area contributed by atoms with Gasteiger partial charge in [0, 0.05) is 18.3 Å². The molecular weight excluding hydrogens is 436 g/mol. The SMILES string of the molecule is C=CC1=C(Sc2ccc3c(=O)c(C(=O)OCC)cn(C4CC4)c3c2OC)CCC(C)(C)C1N. The largest absolute Gasteiger partial charge is 0.493 e. The Kier molecular flexibility index (Phi) is 6.47. The maximum atomic E-state index is 13.2. The van der Waals surface area contributed by atoms with Gasteiger partial charge in [-0.3, -0.25) is 4.79 Å². The molecule has 7 heteroatoms. The quantitative estimate of drug-likeness (QED) is 0.562. The van der Waals surface area contributed by atoms with Gasteiger partial charge in [-0.25, -0.2) is 4.79 Å². The lowest BCUT2D eigenvalue weighted by Gasteiger charge is -2.38. The monoisotopic (exact) mass is 468 g/mol. The highest BCUT2D eigenvalue weighted by atomic mass is 32.2. The second kappa shape index (κ2) is 9.03. The van der Waals surface area contributed by atoms with Gasteiger partial charge in [0.1, 0.15) is 5.56 Å². The van der Waals surface area contributed by atoms with Crippen molar-refractivity contribution in [3.05, 3.63) is 57.2 Å². The molecule has 1 atom stereocenters. The highest BCUT2D eigenvalue weighted by Crippen LogP contribution is 2.48. The van der Waals surface area contributed by atoms with Gasteiger partial charge >= 0.3 is 5.97 Å². The molecule has 0 saturated heterocycles. The van der Waals surface area contributed by atoms with Crippen molar-refractivity contribution in [1.29, 1.82) is 0 Å². The Hall–Kier alpha value is -2.51. The molecule has 176 valence electrons. The van der Waals surface area contributed by atoms with Crippen LogP contribution in [0.15, 0.2) is 51.2 Å². The molecule has 1 saturated carbocycles. The highest BCUT2D eigenvalue weighted by molar-refractivity contribution is 8.03. The summed E-state index contributed by atoms with van der Waals surface area (Å²) >= 11 is 1.63. The van der Waals surface area contributed by atoms with Gasteiger partial charge in [0.05, 0.1) is 29.5 Å². The van der Waals surface area contributed by atoms with Crippen LogP contribution in [-0.4, -0.2) is 30.3 Å². The third-order valence-electron chi connectivity index (χ3n) is 6.70. The van der Waals surface area contributed by atoms with Crippen LogP contribution in [0.5, 0.6) is 5.75 Å². The lowest BCUT2D eigenvalue weighted by Crippen LogP contribution is -2.41. The van der Waals surface area contributed by atoms with Crippen LogP contribution in [0.1, 0.15) is 62.9 Å². The van der Waals surface area contributed by atoms with Crippen molar-refractivity contribution < 1.29 is 14.3 Å². The second-order valence-corrected chi connectivity index (χ2v) is 10.5. The number of pyridine rings is 1. The zero-order valence-electron chi connectivity index (χ0n) is 19.8. The Morgan fingerprint density at radius 3 is 2.70 bits per heavy atom. The summed E-state index contributed by atoms with van der Waals surface area (Å²) in [5.41, 5.74) is 8.11. The minimum absolute atomic E-state index is 0.0109. The van der Waals surface area contributed by atoms with Crippen molar-refractivity contribution in [2.75, 3.05) is 13.7 Å². The number of aromatic nitrogens is 1. The molecular formula is C26H32N2O4S. The molecule has 1 fully saturated rings. The minimum Gasteiger partial charge on any atom is -0.493 e. The zero-order valence-corrected chi connectivity index (χ0v) is 20.6.